The highest BCUT2D eigenvalue weighted by Crippen LogP contribution is 2.61. The SMILES string of the molecule is CCC(NC(=O)c1cc(-c2cnn(C)c2C)nc2ccccc12)C12CC3CC(CC(C3)C1)C2. The number of pyridine rings is 1. The van der Waals surface area contributed by atoms with Crippen LogP contribution in [0.3, 0.4) is 0 Å². The zero-order valence-electron chi connectivity index (χ0n) is 20.0. The summed E-state index contributed by atoms with van der Waals surface area (Å²) in [4.78, 5) is 18.7. The summed E-state index contributed by atoms with van der Waals surface area (Å²) in [7, 11) is 1.94. The van der Waals surface area contributed by atoms with Gasteiger partial charge in [0, 0.05) is 29.7 Å². The molecule has 0 spiro atoms. The lowest BCUT2D eigenvalue weighted by molar-refractivity contribution is -0.0727. The summed E-state index contributed by atoms with van der Waals surface area (Å²) in [5, 5.41) is 8.85. The first kappa shape index (κ1) is 20.9. The van der Waals surface area contributed by atoms with Crippen LogP contribution >= 0.6 is 0 Å². The number of carbonyl (C=O) groups is 1. The van der Waals surface area contributed by atoms with Gasteiger partial charge in [0.2, 0.25) is 0 Å². The zero-order valence-corrected chi connectivity index (χ0v) is 20.0. The minimum Gasteiger partial charge on any atom is -0.349 e. The summed E-state index contributed by atoms with van der Waals surface area (Å²) in [5.74, 6) is 2.68. The molecule has 1 atom stereocenters. The third kappa shape index (κ3) is 3.39. The van der Waals surface area contributed by atoms with Crippen LogP contribution in [0.1, 0.15) is 67.9 Å². The van der Waals surface area contributed by atoms with E-state index in [1.54, 1.807) is 0 Å². The van der Waals surface area contributed by atoms with Crippen molar-refractivity contribution in [1.82, 2.24) is 20.1 Å². The average molecular weight is 443 g/mol. The van der Waals surface area contributed by atoms with Gasteiger partial charge in [-0.15, -0.1) is 0 Å². The van der Waals surface area contributed by atoms with Gasteiger partial charge in [-0.3, -0.25) is 9.48 Å². The molecule has 33 heavy (non-hydrogen) atoms. The number of hydrogen-bond acceptors (Lipinski definition) is 3. The van der Waals surface area contributed by atoms with Crippen LogP contribution < -0.4 is 5.32 Å². The molecule has 5 heteroatoms. The number of fused-ring (bicyclic) bond motifs is 1. The van der Waals surface area contributed by atoms with Gasteiger partial charge in [-0.05, 0) is 87.2 Å². The fraction of sp³-hybridized carbons (Fsp3) is 0.536. The summed E-state index contributed by atoms with van der Waals surface area (Å²) in [6.45, 7) is 4.29. The molecule has 2 aromatic heterocycles. The molecular weight excluding hydrogens is 408 g/mol. The molecule has 1 amide bonds. The van der Waals surface area contributed by atoms with Crippen LogP contribution in [0, 0.1) is 30.1 Å². The largest absolute Gasteiger partial charge is 0.349 e. The Bertz CT molecular complexity index is 1190. The number of para-hydroxylation sites is 1. The normalized spacial score (nSPS) is 28.9. The molecular formula is C28H34N4O. The molecule has 2 heterocycles. The predicted octanol–water partition coefficient (Wildman–Crippen LogP) is 5.67. The Hall–Kier alpha value is -2.69. The molecule has 1 aromatic carbocycles. The van der Waals surface area contributed by atoms with Crippen molar-refractivity contribution >= 4 is 16.8 Å². The van der Waals surface area contributed by atoms with Crippen LogP contribution in [0.4, 0.5) is 0 Å². The molecule has 7 rings (SSSR count). The van der Waals surface area contributed by atoms with E-state index in [-0.39, 0.29) is 11.9 Å². The van der Waals surface area contributed by atoms with Crippen LogP contribution in [0.5, 0.6) is 0 Å². The van der Waals surface area contributed by atoms with E-state index in [9.17, 15) is 4.79 Å². The third-order valence-corrected chi connectivity index (χ3v) is 9.01. The minimum absolute atomic E-state index is 0.0407. The number of hydrogen-bond donors (Lipinski definition) is 1. The lowest BCUT2D eigenvalue weighted by Crippen LogP contribution is -2.56. The summed E-state index contributed by atoms with van der Waals surface area (Å²) in [6.07, 6.45) is 11.0. The quantitative estimate of drug-likeness (QED) is 0.554. The Labute approximate surface area is 196 Å². The molecule has 0 saturated heterocycles. The number of benzene rings is 1. The molecule has 1 N–H and O–H groups in total. The van der Waals surface area contributed by atoms with Gasteiger partial charge in [-0.25, -0.2) is 4.98 Å². The molecule has 4 fully saturated rings. The molecule has 0 aliphatic heterocycles. The van der Waals surface area contributed by atoms with Crippen molar-refractivity contribution in [3.8, 4) is 11.3 Å². The lowest BCUT2D eigenvalue weighted by atomic mass is 9.47. The van der Waals surface area contributed by atoms with Gasteiger partial charge in [0.1, 0.15) is 0 Å². The van der Waals surface area contributed by atoms with Crippen LogP contribution in [0.15, 0.2) is 36.5 Å². The number of nitrogens with one attached hydrogen (secondary N) is 1. The van der Waals surface area contributed by atoms with Gasteiger partial charge in [0.25, 0.3) is 5.91 Å². The van der Waals surface area contributed by atoms with Gasteiger partial charge in [0.15, 0.2) is 0 Å². The van der Waals surface area contributed by atoms with E-state index in [0.29, 0.717) is 5.41 Å². The number of rotatable bonds is 5. The van der Waals surface area contributed by atoms with E-state index in [0.717, 1.165) is 57.6 Å². The van der Waals surface area contributed by atoms with Crippen LogP contribution in [-0.2, 0) is 7.05 Å². The predicted molar refractivity (Wildman–Crippen MR) is 131 cm³/mol. The Morgan fingerprint density at radius 3 is 2.42 bits per heavy atom. The van der Waals surface area contributed by atoms with Crippen LogP contribution in [0.25, 0.3) is 22.2 Å². The maximum absolute atomic E-state index is 13.8. The second-order valence-electron chi connectivity index (χ2n) is 11.1. The highest BCUT2D eigenvalue weighted by Gasteiger charge is 2.54. The van der Waals surface area contributed by atoms with Gasteiger partial charge in [-0.2, -0.15) is 5.10 Å². The molecule has 0 radical (unpaired) electrons. The number of nitrogens with zero attached hydrogens (tertiary/aromatic N) is 3. The maximum atomic E-state index is 13.8. The van der Waals surface area contributed by atoms with E-state index < -0.39 is 0 Å². The molecule has 172 valence electrons. The first-order chi connectivity index (χ1) is 16.0. The van der Waals surface area contributed by atoms with Crippen molar-refractivity contribution < 1.29 is 4.79 Å². The molecule has 1 unspecified atom stereocenters. The third-order valence-electron chi connectivity index (χ3n) is 9.01. The molecule has 4 saturated carbocycles. The summed E-state index contributed by atoms with van der Waals surface area (Å²) in [5.41, 5.74) is 4.71. The fourth-order valence-corrected chi connectivity index (χ4v) is 7.78. The first-order valence-electron chi connectivity index (χ1n) is 12.7. The van der Waals surface area contributed by atoms with Crippen molar-refractivity contribution in [2.75, 3.05) is 0 Å². The average Bonchev–Trinajstić information content (AvgIpc) is 3.13. The van der Waals surface area contributed by atoms with E-state index in [1.165, 1.54) is 38.5 Å². The highest BCUT2D eigenvalue weighted by atomic mass is 16.1. The first-order valence-corrected chi connectivity index (χ1v) is 12.7. The lowest BCUT2D eigenvalue weighted by Gasteiger charge is -2.59. The summed E-state index contributed by atoms with van der Waals surface area (Å²) in [6, 6.07) is 10.2. The zero-order chi connectivity index (χ0) is 22.7. The van der Waals surface area contributed by atoms with Gasteiger partial charge < -0.3 is 5.32 Å². The van der Waals surface area contributed by atoms with Gasteiger partial charge in [-0.1, -0.05) is 25.1 Å². The standard InChI is InChI=1S/C28H34N4O/c1-4-26(28-13-18-9-19(14-28)11-20(10-18)15-28)31-27(33)22-12-25(23-16-29-32(3)17(23)2)30-24-8-6-5-7-21(22)24/h5-8,12,16,18-20,26H,4,9-11,13-15H2,1-3H3,(H,31,33). The second kappa shape index (κ2) is 7.68. The number of carbonyl (C=O) groups excluding carboxylic acids is 1. The van der Waals surface area contributed by atoms with Crippen molar-refractivity contribution in [3.05, 3.63) is 47.8 Å². The summed E-state index contributed by atoms with van der Waals surface area (Å²) >= 11 is 0. The molecule has 4 aliphatic rings. The smallest absolute Gasteiger partial charge is 0.252 e. The van der Waals surface area contributed by atoms with Gasteiger partial charge >= 0.3 is 0 Å². The van der Waals surface area contributed by atoms with Crippen molar-refractivity contribution in [1.29, 1.82) is 0 Å². The molecule has 4 bridgehead atoms. The van der Waals surface area contributed by atoms with Crippen molar-refractivity contribution in [2.24, 2.45) is 30.2 Å². The van der Waals surface area contributed by atoms with Crippen LogP contribution in [-0.4, -0.2) is 26.7 Å². The Kier molecular flexibility index (Phi) is 4.86. The van der Waals surface area contributed by atoms with E-state index in [4.69, 9.17) is 4.98 Å². The van der Waals surface area contributed by atoms with E-state index in [1.807, 2.05) is 55.2 Å². The van der Waals surface area contributed by atoms with Crippen molar-refractivity contribution in [3.63, 3.8) is 0 Å². The monoisotopic (exact) mass is 442 g/mol. The van der Waals surface area contributed by atoms with E-state index >= 15 is 0 Å². The van der Waals surface area contributed by atoms with Crippen molar-refractivity contribution in [2.45, 2.75) is 64.8 Å². The van der Waals surface area contributed by atoms with E-state index in [2.05, 4.69) is 17.3 Å². The molecule has 4 aliphatic carbocycles. The topological polar surface area (TPSA) is 59.8 Å². The summed E-state index contributed by atoms with van der Waals surface area (Å²) < 4.78 is 1.85. The molecule has 5 nitrogen and oxygen atoms in total. The Morgan fingerprint density at radius 2 is 1.82 bits per heavy atom. The molecule has 3 aromatic rings. The Balaban J connectivity index is 1.36. The number of aromatic nitrogens is 3. The Morgan fingerprint density at radius 1 is 1.15 bits per heavy atom. The number of aryl methyl sites for hydroxylation is 1. The second-order valence-corrected chi connectivity index (χ2v) is 11.1. The highest BCUT2D eigenvalue weighted by molar-refractivity contribution is 6.07. The van der Waals surface area contributed by atoms with Crippen LogP contribution in [0.2, 0.25) is 0 Å². The number of amides is 1. The fourth-order valence-electron chi connectivity index (χ4n) is 7.78. The minimum atomic E-state index is 0.0407. The van der Waals surface area contributed by atoms with Gasteiger partial charge in [0.05, 0.1) is 23.0 Å². The maximum Gasteiger partial charge on any atom is 0.252 e.